The Hall–Kier alpha value is -2.71. The molecule has 0 aromatic heterocycles. The molecule has 0 spiro atoms. The number of ether oxygens (including phenoxy) is 1. The summed E-state index contributed by atoms with van der Waals surface area (Å²) in [6.45, 7) is 2.06. The number of benzene rings is 2. The fourth-order valence-electron chi connectivity index (χ4n) is 3.02. The largest absolute Gasteiger partial charge is 0.495 e. The first-order chi connectivity index (χ1) is 13.3. The average Bonchev–Trinajstić information content (AvgIpc) is 2.67. The van der Waals surface area contributed by atoms with Gasteiger partial charge < -0.3 is 4.74 Å². The molecular formula is C20H22N2O5S. The average molecular weight is 402 g/mol. The van der Waals surface area contributed by atoms with Crippen molar-refractivity contribution in [2.75, 3.05) is 12.0 Å². The Bertz CT molecular complexity index is 984. The van der Waals surface area contributed by atoms with Gasteiger partial charge in [-0.2, -0.15) is 0 Å². The number of aryl methyl sites for hydroxylation is 1. The number of amides is 2. The van der Waals surface area contributed by atoms with Crippen LogP contribution in [0, 0.1) is 6.92 Å². The molecule has 1 aliphatic rings. The Balaban J connectivity index is 1.91. The van der Waals surface area contributed by atoms with Gasteiger partial charge in [-0.25, -0.2) is 13.1 Å². The van der Waals surface area contributed by atoms with E-state index >= 15 is 0 Å². The SMILES string of the molecule is COc1ccc(N2C(=O)CCCC2=O)cc1S(=O)(=O)NCc1ccc(C)cc1. The summed E-state index contributed by atoms with van der Waals surface area (Å²) in [6, 6.07) is 11.8. The van der Waals surface area contributed by atoms with Crippen molar-refractivity contribution in [1.29, 1.82) is 0 Å². The van der Waals surface area contributed by atoms with E-state index in [2.05, 4.69) is 4.72 Å². The van der Waals surface area contributed by atoms with Crippen LogP contribution in [0.5, 0.6) is 5.75 Å². The number of anilines is 1. The lowest BCUT2D eigenvalue weighted by molar-refractivity contribution is -0.129. The predicted molar refractivity (Wildman–Crippen MR) is 105 cm³/mol. The summed E-state index contributed by atoms with van der Waals surface area (Å²) < 4.78 is 33.5. The highest BCUT2D eigenvalue weighted by atomic mass is 32.2. The third kappa shape index (κ3) is 4.23. The van der Waals surface area contributed by atoms with E-state index in [1.807, 2.05) is 31.2 Å². The molecule has 1 saturated heterocycles. The minimum atomic E-state index is -3.93. The standard InChI is InChI=1S/C20H22N2O5S/c1-14-6-8-15(9-7-14)13-21-28(25,26)18-12-16(10-11-17(18)27-2)22-19(23)4-3-5-20(22)24/h6-12,21H,3-5,13H2,1-2H3. The third-order valence-electron chi connectivity index (χ3n) is 4.56. The Morgan fingerprint density at radius 3 is 2.29 bits per heavy atom. The lowest BCUT2D eigenvalue weighted by atomic mass is 10.1. The highest BCUT2D eigenvalue weighted by Gasteiger charge is 2.29. The highest BCUT2D eigenvalue weighted by molar-refractivity contribution is 7.89. The van der Waals surface area contributed by atoms with Crippen molar-refractivity contribution in [2.24, 2.45) is 0 Å². The number of imide groups is 1. The maximum Gasteiger partial charge on any atom is 0.244 e. The fraction of sp³-hybridized carbons (Fsp3) is 0.300. The van der Waals surface area contributed by atoms with E-state index in [-0.39, 0.29) is 47.5 Å². The minimum Gasteiger partial charge on any atom is -0.495 e. The van der Waals surface area contributed by atoms with E-state index in [1.54, 1.807) is 0 Å². The summed E-state index contributed by atoms with van der Waals surface area (Å²) >= 11 is 0. The van der Waals surface area contributed by atoms with Gasteiger partial charge in [0.2, 0.25) is 21.8 Å². The van der Waals surface area contributed by atoms with Crippen molar-refractivity contribution in [1.82, 2.24) is 4.72 Å². The normalized spacial score (nSPS) is 15.0. The molecule has 2 aromatic carbocycles. The van der Waals surface area contributed by atoms with Crippen LogP contribution in [0.3, 0.4) is 0 Å². The monoisotopic (exact) mass is 402 g/mol. The minimum absolute atomic E-state index is 0.109. The first-order valence-electron chi connectivity index (χ1n) is 8.91. The first-order valence-corrected chi connectivity index (χ1v) is 10.4. The number of carbonyl (C=O) groups excluding carboxylic acids is 2. The van der Waals surface area contributed by atoms with Crippen LogP contribution in [-0.2, 0) is 26.2 Å². The molecule has 7 nitrogen and oxygen atoms in total. The zero-order chi connectivity index (χ0) is 20.3. The van der Waals surface area contributed by atoms with Gasteiger partial charge in [-0.3, -0.25) is 14.5 Å². The summed E-state index contributed by atoms with van der Waals surface area (Å²) in [6.07, 6.45) is 1.02. The molecule has 1 aliphatic heterocycles. The molecule has 2 amide bonds. The number of nitrogens with zero attached hydrogens (tertiary/aromatic N) is 1. The molecular weight excluding hydrogens is 380 g/mol. The van der Waals surface area contributed by atoms with Crippen molar-refractivity contribution in [3.63, 3.8) is 0 Å². The van der Waals surface area contributed by atoms with Crippen molar-refractivity contribution in [2.45, 2.75) is 37.6 Å². The number of nitrogens with one attached hydrogen (secondary N) is 1. The Labute approximate surface area is 164 Å². The smallest absolute Gasteiger partial charge is 0.244 e. The molecule has 0 aliphatic carbocycles. The molecule has 0 radical (unpaired) electrons. The van der Waals surface area contributed by atoms with E-state index in [0.29, 0.717) is 6.42 Å². The van der Waals surface area contributed by atoms with Gasteiger partial charge in [0.25, 0.3) is 0 Å². The van der Waals surface area contributed by atoms with Gasteiger partial charge in [0, 0.05) is 19.4 Å². The second kappa shape index (κ2) is 8.12. The summed E-state index contributed by atoms with van der Waals surface area (Å²) in [4.78, 5) is 25.3. The zero-order valence-electron chi connectivity index (χ0n) is 15.8. The quantitative estimate of drug-likeness (QED) is 0.750. The molecule has 1 fully saturated rings. The molecule has 0 saturated carbocycles. The Kier molecular flexibility index (Phi) is 5.81. The number of rotatable bonds is 6. The highest BCUT2D eigenvalue weighted by Crippen LogP contribution is 2.31. The van der Waals surface area contributed by atoms with Crippen molar-refractivity contribution >= 4 is 27.5 Å². The van der Waals surface area contributed by atoms with Gasteiger partial charge in [-0.1, -0.05) is 29.8 Å². The van der Waals surface area contributed by atoms with Crippen molar-refractivity contribution in [3.8, 4) is 5.75 Å². The topological polar surface area (TPSA) is 92.8 Å². The number of piperidine rings is 1. The first kappa shape index (κ1) is 20.0. The molecule has 8 heteroatoms. The van der Waals surface area contributed by atoms with Crippen LogP contribution in [-0.4, -0.2) is 27.3 Å². The van der Waals surface area contributed by atoms with Crippen LogP contribution in [0.2, 0.25) is 0 Å². The van der Waals surface area contributed by atoms with Crippen LogP contribution in [0.25, 0.3) is 0 Å². The van der Waals surface area contributed by atoms with Gasteiger partial charge in [-0.15, -0.1) is 0 Å². The van der Waals surface area contributed by atoms with Crippen molar-refractivity contribution in [3.05, 3.63) is 53.6 Å². The second-order valence-electron chi connectivity index (χ2n) is 6.62. The summed E-state index contributed by atoms with van der Waals surface area (Å²) in [5, 5.41) is 0. The molecule has 1 heterocycles. The lowest BCUT2D eigenvalue weighted by Crippen LogP contribution is -2.40. The van der Waals surface area contributed by atoms with Crippen LogP contribution in [0.1, 0.15) is 30.4 Å². The summed E-state index contributed by atoms with van der Waals surface area (Å²) in [7, 11) is -2.57. The van der Waals surface area contributed by atoms with E-state index in [1.165, 1.54) is 25.3 Å². The third-order valence-corrected chi connectivity index (χ3v) is 5.98. The summed E-state index contributed by atoms with van der Waals surface area (Å²) in [5.41, 5.74) is 2.12. The number of hydrogen-bond acceptors (Lipinski definition) is 5. The van der Waals surface area contributed by atoms with Gasteiger partial charge in [-0.05, 0) is 37.1 Å². The molecule has 2 aromatic rings. The molecule has 1 N–H and O–H groups in total. The van der Waals surface area contributed by atoms with Crippen LogP contribution >= 0.6 is 0 Å². The number of sulfonamides is 1. The molecule has 0 atom stereocenters. The molecule has 148 valence electrons. The summed E-state index contributed by atoms with van der Waals surface area (Å²) in [5.74, 6) is -0.535. The second-order valence-corrected chi connectivity index (χ2v) is 8.36. The zero-order valence-corrected chi connectivity index (χ0v) is 16.6. The molecule has 3 rings (SSSR count). The van der Waals surface area contributed by atoms with Gasteiger partial charge in [0.05, 0.1) is 12.8 Å². The van der Waals surface area contributed by atoms with E-state index in [4.69, 9.17) is 4.74 Å². The van der Waals surface area contributed by atoms with Gasteiger partial charge >= 0.3 is 0 Å². The van der Waals surface area contributed by atoms with Gasteiger partial charge in [0.15, 0.2) is 0 Å². The number of methoxy groups -OCH3 is 1. The predicted octanol–water partition coefficient (Wildman–Crippen LogP) is 2.53. The van der Waals surface area contributed by atoms with Crippen LogP contribution < -0.4 is 14.4 Å². The van der Waals surface area contributed by atoms with E-state index in [0.717, 1.165) is 16.0 Å². The lowest BCUT2D eigenvalue weighted by Gasteiger charge is -2.25. The van der Waals surface area contributed by atoms with E-state index < -0.39 is 10.0 Å². The number of hydrogen-bond donors (Lipinski definition) is 1. The maximum absolute atomic E-state index is 12.9. The Morgan fingerprint density at radius 1 is 1.04 bits per heavy atom. The van der Waals surface area contributed by atoms with Crippen LogP contribution in [0.4, 0.5) is 5.69 Å². The van der Waals surface area contributed by atoms with Crippen LogP contribution in [0.15, 0.2) is 47.4 Å². The van der Waals surface area contributed by atoms with E-state index in [9.17, 15) is 18.0 Å². The molecule has 0 bridgehead atoms. The molecule has 0 unspecified atom stereocenters. The maximum atomic E-state index is 12.9. The van der Waals surface area contributed by atoms with Crippen molar-refractivity contribution < 1.29 is 22.7 Å². The Morgan fingerprint density at radius 2 is 1.68 bits per heavy atom. The number of carbonyl (C=O) groups is 2. The van der Waals surface area contributed by atoms with Gasteiger partial charge in [0.1, 0.15) is 10.6 Å². The fourth-order valence-corrected chi connectivity index (χ4v) is 4.22. The molecule has 28 heavy (non-hydrogen) atoms.